The second-order valence-corrected chi connectivity index (χ2v) is 6.08. The van der Waals surface area contributed by atoms with Crippen molar-refractivity contribution in [2.45, 2.75) is 25.4 Å². The molecule has 0 unspecified atom stereocenters. The summed E-state index contributed by atoms with van der Waals surface area (Å²) < 4.78 is 24.9. The Morgan fingerprint density at radius 2 is 2.04 bits per heavy atom. The van der Waals surface area contributed by atoms with E-state index in [1.807, 2.05) is 12.1 Å². The summed E-state index contributed by atoms with van der Waals surface area (Å²) in [6.45, 7) is 2.36. The molecule has 24 heavy (non-hydrogen) atoms. The normalized spacial score (nSPS) is 15.7. The first-order valence-corrected chi connectivity index (χ1v) is 8.26. The van der Waals surface area contributed by atoms with Gasteiger partial charge in [-0.2, -0.15) is 0 Å². The maximum atomic E-state index is 13.7. The van der Waals surface area contributed by atoms with Crippen molar-refractivity contribution in [3.63, 3.8) is 0 Å². The quantitative estimate of drug-likeness (QED) is 0.787. The number of pyridine rings is 1. The lowest BCUT2D eigenvalue weighted by Crippen LogP contribution is -2.27. The molecule has 3 aromatic rings. The number of nitrogens with zero attached hydrogens (tertiary/aromatic N) is 1. The second-order valence-electron chi connectivity index (χ2n) is 6.08. The molecule has 1 aliphatic rings. The molecule has 4 nitrogen and oxygen atoms in total. The van der Waals surface area contributed by atoms with Crippen LogP contribution >= 0.6 is 0 Å². The number of hydrogen-bond acceptors (Lipinski definition) is 4. The Morgan fingerprint density at radius 3 is 2.92 bits per heavy atom. The highest BCUT2D eigenvalue weighted by atomic mass is 19.1. The van der Waals surface area contributed by atoms with Gasteiger partial charge in [0, 0.05) is 23.2 Å². The average Bonchev–Trinajstić information content (AvgIpc) is 3.13. The third kappa shape index (κ3) is 2.99. The van der Waals surface area contributed by atoms with Crippen LogP contribution in [0.25, 0.3) is 11.0 Å². The first-order valence-electron chi connectivity index (χ1n) is 8.26. The summed E-state index contributed by atoms with van der Waals surface area (Å²) in [5, 5.41) is 3.84. The SMILES string of the molecule is Fc1ccc(COc2cccc(C3CCNCC3)n2)c2occc12. The lowest BCUT2D eigenvalue weighted by Gasteiger charge is -2.22. The van der Waals surface area contributed by atoms with Crippen molar-refractivity contribution in [1.82, 2.24) is 10.3 Å². The summed E-state index contributed by atoms with van der Waals surface area (Å²) in [7, 11) is 0. The van der Waals surface area contributed by atoms with Gasteiger partial charge in [0.1, 0.15) is 18.0 Å². The Kier molecular flexibility index (Phi) is 4.17. The minimum Gasteiger partial charge on any atom is -0.473 e. The van der Waals surface area contributed by atoms with Gasteiger partial charge < -0.3 is 14.5 Å². The number of nitrogens with one attached hydrogen (secondary N) is 1. The summed E-state index contributed by atoms with van der Waals surface area (Å²) in [5.74, 6) is 0.793. The van der Waals surface area contributed by atoms with Crippen LogP contribution in [0.3, 0.4) is 0 Å². The smallest absolute Gasteiger partial charge is 0.213 e. The van der Waals surface area contributed by atoms with E-state index in [1.165, 1.54) is 12.3 Å². The zero-order chi connectivity index (χ0) is 16.4. The molecule has 1 aliphatic heterocycles. The van der Waals surface area contributed by atoms with Gasteiger partial charge in [-0.1, -0.05) is 6.07 Å². The van der Waals surface area contributed by atoms with Crippen LogP contribution in [-0.4, -0.2) is 18.1 Å². The maximum Gasteiger partial charge on any atom is 0.213 e. The molecule has 124 valence electrons. The summed E-state index contributed by atoms with van der Waals surface area (Å²) >= 11 is 0. The molecule has 0 saturated carbocycles. The largest absolute Gasteiger partial charge is 0.473 e. The topological polar surface area (TPSA) is 47.3 Å². The standard InChI is InChI=1S/C19H19FN2O2/c20-16-5-4-14(19-15(16)8-11-23-19)12-24-18-3-1-2-17(22-18)13-6-9-21-10-7-13/h1-5,8,11,13,21H,6-7,9-10,12H2. The Labute approximate surface area is 139 Å². The fourth-order valence-electron chi connectivity index (χ4n) is 3.21. The van der Waals surface area contributed by atoms with Gasteiger partial charge in [0.25, 0.3) is 0 Å². The van der Waals surface area contributed by atoms with E-state index in [1.54, 1.807) is 12.1 Å². The molecule has 2 aromatic heterocycles. The van der Waals surface area contributed by atoms with Crippen LogP contribution in [0.2, 0.25) is 0 Å². The third-order valence-electron chi connectivity index (χ3n) is 4.52. The monoisotopic (exact) mass is 326 g/mol. The van der Waals surface area contributed by atoms with Crippen LogP contribution in [0, 0.1) is 5.82 Å². The molecule has 3 heterocycles. The fourth-order valence-corrected chi connectivity index (χ4v) is 3.21. The van der Waals surface area contributed by atoms with Crippen LogP contribution in [0.1, 0.15) is 30.0 Å². The lowest BCUT2D eigenvalue weighted by atomic mass is 9.94. The molecule has 1 N–H and O–H groups in total. The van der Waals surface area contributed by atoms with Crippen molar-refractivity contribution in [2.24, 2.45) is 0 Å². The minimum absolute atomic E-state index is 0.284. The third-order valence-corrected chi connectivity index (χ3v) is 4.52. The second kappa shape index (κ2) is 6.61. The van der Waals surface area contributed by atoms with E-state index >= 15 is 0 Å². The van der Waals surface area contributed by atoms with Gasteiger partial charge in [-0.05, 0) is 50.2 Å². The molecule has 1 saturated heterocycles. The highest BCUT2D eigenvalue weighted by Crippen LogP contribution is 2.26. The van der Waals surface area contributed by atoms with Gasteiger partial charge in [-0.15, -0.1) is 0 Å². The van der Waals surface area contributed by atoms with Crippen LogP contribution < -0.4 is 10.1 Å². The molecular weight excluding hydrogens is 307 g/mol. The van der Waals surface area contributed by atoms with E-state index in [2.05, 4.69) is 16.4 Å². The summed E-state index contributed by atoms with van der Waals surface area (Å²) in [6.07, 6.45) is 3.69. The highest BCUT2D eigenvalue weighted by molar-refractivity contribution is 5.80. The number of fused-ring (bicyclic) bond motifs is 1. The van der Waals surface area contributed by atoms with Crippen LogP contribution in [0.5, 0.6) is 5.88 Å². The predicted octanol–water partition coefficient (Wildman–Crippen LogP) is 4.01. The molecule has 0 bridgehead atoms. The number of hydrogen-bond donors (Lipinski definition) is 1. The number of ether oxygens (including phenoxy) is 1. The molecule has 1 aromatic carbocycles. The van der Waals surface area contributed by atoms with Gasteiger partial charge in [0.2, 0.25) is 5.88 Å². The summed E-state index contributed by atoms with van der Waals surface area (Å²) in [5.41, 5.74) is 2.42. The number of halogens is 1. The van der Waals surface area contributed by atoms with Gasteiger partial charge in [0.05, 0.1) is 11.6 Å². The zero-order valence-corrected chi connectivity index (χ0v) is 13.3. The van der Waals surface area contributed by atoms with Gasteiger partial charge >= 0.3 is 0 Å². The van der Waals surface area contributed by atoms with Crippen molar-refractivity contribution < 1.29 is 13.5 Å². The Balaban J connectivity index is 1.51. The Bertz CT molecular complexity index is 840. The highest BCUT2D eigenvalue weighted by Gasteiger charge is 2.17. The van der Waals surface area contributed by atoms with E-state index in [0.29, 0.717) is 29.4 Å². The molecule has 0 radical (unpaired) electrons. The zero-order valence-electron chi connectivity index (χ0n) is 13.3. The van der Waals surface area contributed by atoms with Crippen molar-refractivity contribution in [3.05, 3.63) is 59.7 Å². The van der Waals surface area contributed by atoms with E-state index in [9.17, 15) is 4.39 Å². The lowest BCUT2D eigenvalue weighted by molar-refractivity contribution is 0.291. The van der Waals surface area contributed by atoms with Gasteiger partial charge in [0.15, 0.2) is 0 Å². The average molecular weight is 326 g/mol. The predicted molar refractivity (Wildman–Crippen MR) is 89.6 cm³/mol. The van der Waals surface area contributed by atoms with Crippen LogP contribution in [0.4, 0.5) is 4.39 Å². The van der Waals surface area contributed by atoms with Crippen LogP contribution in [0.15, 0.2) is 47.1 Å². The van der Waals surface area contributed by atoms with Crippen LogP contribution in [-0.2, 0) is 6.61 Å². The molecule has 5 heteroatoms. The minimum atomic E-state index is -0.284. The van der Waals surface area contributed by atoms with E-state index in [-0.39, 0.29) is 5.82 Å². The van der Waals surface area contributed by atoms with Crippen molar-refractivity contribution in [3.8, 4) is 5.88 Å². The Morgan fingerprint density at radius 1 is 1.17 bits per heavy atom. The van der Waals surface area contributed by atoms with E-state index in [4.69, 9.17) is 9.15 Å². The van der Waals surface area contributed by atoms with E-state index in [0.717, 1.165) is 37.2 Å². The van der Waals surface area contributed by atoms with Crippen molar-refractivity contribution in [2.75, 3.05) is 13.1 Å². The Hall–Kier alpha value is -2.40. The molecule has 0 aliphatic carbocycles. The first-order chi connectivity index (χ1) is 11.8. The van der Waals surface area contributed by atoms with E-state index < -0.39 is 0 Å². The molecule has 0 spiro atoms. The first kappa shape index (κ1) is 15.1. The van der Waals surface area contributed by atoms with Crippen molar-refractivity contribution in [1.29, 1.82) is 0 Å². The van der Waals surface area contributed by atoms with Gasteiger partial charge in [-0.3, -0.25) is 0 Å². The fraction of sp³-hybridized carbons (Fsp3) is 0.316. The maximum absolute atomic E-state index is 13.7. The van der Waals surface area contributed by atoms with Gasteiger partial charge in [-0.25, -0.2) is 9.37 Å². The molecule has 4 rings (SSSR count). The number of furan rings is 1. The molecule has 0 amide bonds. The molecule has 1 fully saturated rings. The number of piperidine rings is 1. The number of rotatable bonds is 4. The number of aromatic nitrogens is 1. The summed E-state index contributed by atoms with van der Waals surface area (Å²) in [4.78, 5) is 4.64. The molecular formula is C19H19FN2O2. The van der Waals surface area contributed by atoms with Crippen molar-refractivity contribution >= 4 is 11.0 Å². The summed E-state index contributed by atoms with van der Waals surface area (Å²) in [6, 6.07) is 10.7. The molecule has 0 atom stereocenters. The number of benzene rings is 1.